The fraction of sp³-hybridized carbons (Fsp3) is 0.200. The van der Waals surface area contributed by atoms with Crippen LogP contribution in [0.15, 0.2) is 57.7 Å². The Kier molecular flexibility index (Phi) is 2.91. The number of nitrogens with two attached hydrogens (primary N) is 1. The molecule has 1 aromatic rings. The zero-order chi connectivity index (χ0) is 13.2. The van der Waals surface area contributed by atoms with Crippen LogP contribution < -0.4 is 5.73 Å². The number of hydrogen-bond acceptors (Lipinski definition) is 4. The molecule has 19 heavy (non-hydrogen) atoms. The first kappa shape index (κ1) is 11.7. The van der Waals surface area contributed by atoms with Crippen molar-refractivity contribution in [3.63, 3.8) is 0 Å². The lowest BCUT2D eigenvalue weighted by Crippen LogP contribution is -2.21. The van der Waals surface area contributed by atoms with Crippen LogP contribution in [0.4, 0.5) is 5.69 Å². The van der Waals surface area contributed by atoms with Crippen LogP contribution in [0.3, 0.4) is 0 Å². The number of aliphatic imine (C=N–C) groups is 2. The molecule has 1 aromatic carbocycles. The van der Waals surface area contributed by atoms with E-state index in [-0.39, 0.29) is 5.75 Å². The maximum atomic E-state index is 9.26. The Hall–Kier alpha value is -2.36. The number of nitrogens with zero attached hydrogens (tertiary/aromatic N) is 2. The van der Waals surface area contributed by atoms with E-state index >= 15 is 0 Å². The van der Waals surface area contributed by atoms with Crippen molar-refractivity contribution >= 4 is 17.1 Å². The van der Waals surface area contributed by atoms with Crippen LogP contribution >= 0.6 is 0 Å². The molecule has 4 nitrogen and oxygen atoms in total. The maximum absolute atomic E-state index is 9.26. The molecule has 1 aliphatic carbocycles. The van der Waals surface area contributed by atoms with E-state index in [4.69, 9.17) is 5.73 Å². The Morgan fingerprint density at radius 3 is 2.74 bits per heavy atom. The highest BCUT2D eigenvalue weighted by molar-refractivity contribution is 6.24. The number of hydrogen-bond donors (Lipinski definition) is 2. The van der Waals surface area contributed by atoms with Crippen molar-refractivity contribution in [2.45, 2.75) is 12.8 Å². The van der Waals surface area contributed by atoms with Gasteiger partial charge in [0.25, 0.3) is 0 Å². The third kappa shape index (κ3) is 2.42. The van der Waals surface area contributed by atoms with Crippen LogP contribution in [0.25, 0.3) is 0 Å². The average Bonchev–Trinajstić information content (AvgIpc) is 2.42. The monoisotopic (exact) mass is 253 g/mol. The fourth-order valence-corrected chi connectivity index (χ4v) is 2.22. The molecule has 1 aliphatic heterocycles. The molecule has 0 amide bonds. The molecule has 0 radical (unpaired) electrons. The van der Waals surface area contributed by atoms with Crippen LogP contribution in [-0.2, 0) is 0 Å². The van der Waals surface area contributed by atoms with Gasteiger partial charge in [0.15, 0.2) is 0 Å². The van der Waals surface area contributed by atoms with E-state index < -0.39 is 0 Å². The van der Waals surface area contributed by atoms with Crippen molar-refractivity contribution in [1.82, 2.24) is 0 Å². The van der Waals surface area contributed by atoms with Gasteiger partial charge in [0.1, 0.15) is 5.75 Å². The Bertz CT molecular complexity index is 621. The van der Waals surface area contributed by atoms with E-state index in [1.54, 1.807) is 24.3 Å². The van der Waals surface area contributed by atoms with Gasteiger partial charge in [-0.15, -0.1) is 0 Å². The number of aromatic hydroxyl groups is 1. The second-order valence-electron chi connectivity index (χ2n) is 4.65. The van der Waals surface area contributed by atoms with E-state index in [1.807, 2.05) is 12.2 Å². The molecule has 96 valence electrons. The van der Waals surface area contributed by atoms with E-state index in [9.17, 15) is 5.11 Å². The molecule has 0 bridgehead atoms. The minimum absolute atomic E-state index is 0.233. The SMILES string of the molecule is NC1=CC2=NCCCC2=C/C1=N/c1ccc(O)cc1. The molecular formula is C15H15N3O. The Balaban J connectivity index is 1.97. The van der Waals surface area contributed by atoms with Crippen LogP contribution in [0, 0.1) is 0 Å². The molecular weight excluding hydrogens is 238 g/mol. The molecule has 0 atom stereocenters. The molecule has 3 rings (SSSR count). The summed E-state index contributed by atoms with van der Waals surface area (Å²) in [5, 5.41) is 9.26. The van der Waals surface area contributed by atoms with E-state index in [0.29, 0.717) is 5.70 Å². The van der Waals surface area contributed by atoms with Crippen molar-refractivity contribution < 1.29 is 5.11 Å². The summed E-state index contributed by atoms with van der Waals surface area (Å²) in [6.45, 7) is 0.876. The maximum Gasteiger partial charge on any atom is 0.115 e. The van der Waals surface area contributed by atoms with Gasteiger partial charge in [0.05, 0.1) is 22.8 Å². The summed E-state index contributed by atoms with van der Waals surface area (Å²) < 4.78 is 0. The van der Waals surface area contributed by atoms with Gasteiger partial charge in [-0.1, -0.05) is 0 Å². The molecule has 0 unspecified atom stereocenters. The highest BCUT2D eigenvalue weighted by Gasteiger charge is 2.17. The van der Waals surface area contributed by atoms with E-state index in [1.165, 1.54) is 5.57 Å². The molecule has 1 heterocycles. The van der Waals surface area contributed by atoms with Crippen molar-refractivity contribution in [1.29, 1.82) is 0 Å². The predicted molar refractivity (Wildman–Crippen MR) is 77.1 cm³/mol. The Morgan fingerprint density at radius 1 is 1.16 bits per heavy atom. The standard InChI is InChI=1S/C15H15N3O/c16-13-9-14-10(2-1-7-17-14)8-15(13)18-11-3-5-12(19)6-4-11/h3-6,8-9,19H,1-2,7,16H2/b18-15-. The largest absolute Gasteiger partial charge is 0.508 e. The summed E-state index contributed by atoms with van der Waals surface area (Å²) in [4.78, 5) is 8.97. The fourth-order valence-electron chi connectivity index (χ4n) is 2.22. The molecule has 0 aromatic heterocycles. The number of rotatable bonds is 1. The summed E-state index contributed by atoms with van der Waals surface area (Å²) in [6, 6.07) is 6.75. The van der Waals surface area contributed by atoms with Crippen molar-refractivity contribution in [2.75, 3.05) is 6.54 Å². The topological polar surface area (TPSA) is 71.0 Å². The second-order valence-corrected chi connectivity index (χ2v) is 4.65. The zero-order valence-electron chi connectivity index (χ0n) is 10.5. The quantitative estimate of drug-likeness (QED) is 0.755. The van der Waals surface area contributed by atoms with Gasteiger partial charge in [-0.25, -0.2) is 4.99 Å². The van der Waals surface area contributed by atoms with Crippen LogP contribution in [0.5, 0.6) is 5.75 Å². The minimum atomic E-state index is 0.233. The third-order valence-corrected chi connectivity index (χ3v) is 3.21. The smallest absolute Gasteiger partial charge is 0.115 e. The summed E-state index contributed by atoms with van der Waals surface area (Å²) >= 11 is 0. The number of phenolic OH excluding ortho intramolecular Hbond substituents is 1. The summed E-state index contributed by atoms with van der Waals surface area (Å²) in [6.07, 6.45) is 6.01. The highest BCUT2D eigenvalue weighted by atomic mass is 16.3. The first-order valence-corrected chi connectivity index (χ1v) is 6.33. The Morgan fingerprint density at radius 2 is 1.95 bits per heavy atom. The zero-order valence-corrected chi connectivity index (χ0v) is 10.5. The summed E-state index contributed by atoms with van der Waals surface area (Å²) in [5.74, 6) is 0.233. The molecule has 0 saturated carbocycles. The van der Waals surface area contributed by atoms with Crippen molar-refractivity contribution in [2.24, 2.45) is 15.7 Å². The lowest BCUT2D eigenvalue weighted by atomic mass is 9.94. The number of phenols is 1. The lowest BCUT2D eigenvalue weighted by Gasteiger charge is -2.18. The van der Waals surface area contributed by atoms with E-state index in [0.717, 1.165) is 36.5 Å². The van der Waals surface area contributed by atoms with Gasteiger partial charge in [-0.2, -0.15) is 0 Å². The third-order valence-electron chi connectivity index (χ3n) is 3.21. The Labute approximate surface area is 111 Å². The van der Waals surface area contributed by atoms with Gasteiger partial charge in [0, 0.05) is 6.54 Å². The summed E-state index contributed by atoms with van der Waals surface area (Å²) in [7, 11) is 0. The number of fused-ring (bicyclic) bond motifs is 1. The molecule has 0 spiro atoms. The normalized spacial score (nSPS) is 20.4. The van der Waals surface area contributed by atoms with E-state index in [2.05, 4.69) is 9.98 Å². The van der Waals surface area contributed by atoms with Gasteiger partial charge in [0.2, 0.25) is 0 Å². The first-order valence-electron chi connectivity index (χ1n) is 6.33. The highest BCUT2D eigenvalue weighted by Crippen LogP contribution is 2.23. The first-order chi connectivity index (χ1) is 9.22. The molecule has 2 aliphatic rings. The molecule has 3 N–H and O–H groups in total. The van der Waals surface area contributed by atoms with Gasteiger partial charge in [-0.05, 0) is 54.8 Å². The van der Waals surface area contributed by atoms with Crippen LogP contribution in [-0.4, -0.2) is 23.1 Å². The average molecular weight is 253 g/mol. The van der Waals surface area contributed by atoms with Gasteiger partial charge >= 0.3 is 0 Å². The minimum Gasteiger partial charge on any atom is -0.508 e. The lowest BCUT2D eigenvalue weighted by molar-refractivity contribution is 0.475. The van der Waals surface area contributed by atoms with Crippen LogP contribution in [0.1, 0.15) is 12.8 Å². The van der Waals surface area contributed by atoms with Gasteiger partial charge < -0.3 is 10.8 Å². The number of benzene rings is 1. The molecule has 0 saturated heterocycles. The van der Waals surface area contributed by atoms with Crippen LogP contribution in [0.2, 0.25) is 0 Å². The predicted octanol–water partition coefficient (Wildman–Crippen LogP) is 2.48. The summed E-state index contributed by atoms with van der Waals surface area (Å²) in [5.41, 5.74) is 10.4. The second kappa shape index (κ2) is 4.72. The van der Waals surface area contributed by atoms with Gasteiger partial charge in [-0.3, -0.25) is 4.99 Å². The molecule has 4 heteroatoms. The van der Waals surface area contributed by atoms with Crippen molar-refractivity contribution in [3.8, 4) is 5.75 Å². The van der Waals surface area contributed by atoms with Crippen molar-refractivity contribution in [3.05, 3.63) is 47.7 Å². The molecule has 0 fully saturated rings. The number of allylic oxidation sites excluding steroid dienone is 3.